The van der Waals surface area contributed by atoms with E-state index >= 15 is 4.79 Å². The van der Waals surface area contributed by atoms with Gasteiger partial charge in [-0.25, -0.2) is 14.4 Å². The number of carbonyl (C=O) groups is 5. The summed E-state index contributed by atoms with van der Waals surface area (Å²) in [7, 11) is 0. The molecular weight excluding hydrogens is 865 g/mol. The van der Waals surface area contributed by atoms with E-state index in [0.717, 1.165) is 0 Å². The minimum atomic E-state index is -2.24. The van der Waals surface area contributed by atoms with Gasteiger partial charge >= 0.3 is 24.0 Å². The first-order chi connectivity index (χ1) is 31.3. The van der Waals surface area contributed by atoms with Gasteiger partial charge in [0.15, 0.2) is 11.7 Å². The van der Waals surface area contributed by atoms with Gasteiger partial charge in [0, 0.05) is 44.2 Å². The van der Waals surface area contributed by atoms with Gasteiger partial charge in [0.2, 0.25) is 0 Å². The standard InChI is InChI=1S/C51H68N2O14/c1-28-25-53(26-29(2)63-28)22-21-34-38-30(3)35(64-45(59)40(56)39(32-17-13-11-14-18-32)52-46(60)67-47(5,6)7)24-51(61,48(38,8)9)43(65-44(58)33-19-15-12-16-20-33)41-49(10,42(34)57)36(55)23-37-50(41,27-62-37)66-31(4)54/h11-20,28-29,34-37,39-41,43,55-56,61H,21-27H2,1-10H3,(H,52,60)/t28-,29+,34-,35+,36+,37-,39+,40-,41+,43+,49-,50+,51-/m1/s1. The number of rotatable bonds is 11. The average molecular weight is 933 g/mol. The van der Waals surface area contributed by atoms with E-state index in [4.69, 9.17) is 28.4 Å². The van der Waals surface area contributed by atoms with Crippen molar-refractivity contribution in [3.8, 4) is 0 Å². The molecule has 0 radical (unpaired) electrons. The molecule has 2 saturated heterocycles. The number of esters is 3. The molecule has 2 aliphatic heterocycles. The Morgan fingerprint density at radius 3 is 2.13 bits per heavy atom. The summed E-state index contributed by atoms with van der Waals surface area (Å²) in [4.78, 5) is 73.7. The van der Waals surface area contributed by atoms with Gasteiger partial charge in [-0.2, -0.15) is 0 Å². The first-order valence-electron chi connectivity index (χ1n) is 23.4. The summed E-state index contributed by atoms with van der Waals surface area (Å²) < 4.78 is 36.6. The van der Waals surface area contributed by atoms with Crippen LogP contribution in [-0.2, 0) is 42.8 Å². The van der Waals surface area contributed by atoms with Crippen molar-refractivity contribution in [3.05, 3.63) is 82.9 Å². The number of ketones is 1. The van der Waals surface area contributed by atoms with Crippen LogP contribution < -0.4 is 5.32 Å². The average Bonchev–Trinajstić information content (AvgIpc) is 3.24. The maximum atomic E-state index is 16.2. The second-order valence-electron chi connectivity index (χ2n) is 21.0. The molecule has 4 N–H and O–H groups in total. The summed E-state index contributed by atoms with van der Waals surface area (Å²) in [6.07, 6.45) is -8.81. The van der Waals surface area contributed by atoms with Crippen molar-refractivity contribution in [1.29, 1.82) is 0 Å². The van der Waals surface area contributed by atoms with Crippen molar-refractivity contribution in [2.24, 2.45) is 22.7 Å². The Bertz CT molecular complexity index is 2220. The van der Waals surface area contributed by atoms with Crippen LogP contribution in [0.5, 0.6) is 0 Å². The van der Waals surface area contributed by atoms with Crippen LogP contribution in [0.25, 0.3) is 0 Å². The molecule has 2 aromatic carbocycles. The van der Waals surface area contributed by atoms with Gasteiger partial charge in [-0.3, -0.25) is 14.5 Å². The number of hydrogen-bond donors (Lipinski definition) is 4. The summed E-state index contributed by atoms with van der Waals surface area (Å²) in [5.74, 6) is -5.59. The first kappa shape index (κ1) is 50.2. The maximum Gasteiger partial charge on any atom is 0.408 e. The number of Topliss-reactive ketones (excluding diaryl/α,β-unsaturated/α-hetero) is 1. The summed E-state index contributed by atoms with van der Waals surface area (Å²) >= 11 is 0. The zero-order chi connectivity index (χ0) is 49.0. The third kappa shape index (κ3) is 9.29. The van der Waals surface area contributed by atoms with Crippen LogP contribution in [0.1, 0.15) is 110 Å². The van der Waals surface area contributed by atoms with Crippen LogP contribution in [-0.4, -0.2) is 136 Å². The van der Waals surface area contributed by atoms with Crippen LogP contribution in [0.2, 0.25) is 0 Å². The maximum absolute atomic E-state index is 16.2. The zero-order valence-corrected chi connectivity index (χ0v) is 40.3. The largest absolute Gasteiger partial charge is 0.456 e. The number of ether oxygens (including phenoxy) is 6. The van der Waals surface area contributed by atoms with E-state index in [1.165, 1.54) is 19.1 Å². The molecule has 16 heteroatoms. The number of amides is 1. The lowest BCUT2D eigenvalue weighted by atomic mass is 9.43. The molecule has 16 nitrogen and oxygen atoms in total. The number of morpholine rings is 1. The van der Waals surface area contributed by atoms with Crippen molar-refractivity contribution in [1.82, 2.24) is 10.2 Å². The van der Waals surface area contributed by atoms with Gasteiger partial charge in [0.25, 0.3) is 0 Å². The SMILES string of the molecule is CC(=O)O[C@@]12CO[C@@H]1C[C@H](O)[C@@]1(C)C(=O)[C@H](CCN3C[C@@H](C)O[C@@H](C)C3)C3=C(C)[C@@H](OC(=O)[C@H](O)[C@@H](NC(=O)OC(C)(C)C)c4ccccc4)C[C@@](O)([C@@H](OC(=O)c4ccccc4)[C@H]21)C3(C)C. The van der Waals surface area contributed by atoms with E-state index in [-0.39, 0.29) is 37.2 Å². The Balaban J connectivity index is 1.40. The number of nitrogens with zero attached hydrogens (tertiary/aromatic N) is 1. The monoisotopic (exact) mass is 932 g/mol. The smallest absolute Gasteiger partial charge is 0.408 e. The number of aliphatic hydroxyl groups excluding tert-OH is 2. The highest BCUT2D eigenvalue weighted by atomic mass is 16.6. The normalized spacial score (nSPS) is 34.7. The van der Waals surface area contributed by atoms with Crippen LogP contribution in [0.15, 0.2) is 71.8 Å². The summed E-state index contributed by atoms with van der Waals surface area (Å²) in [6.45, 7) is 18.4. The first-order valence-corrected chi connectivity index (χ1v) is 23.4. The Morgan fingerprint density at radius 1 is 0.955 bits per heavy atom. The fourth-order valence-corrected chi connectivity index (χ4v) is 11.8. The fraction of sp³-hybridized carbons (Fsp3) is 0.627. The van der Waals surface area contributed by atoms with E-state index < -0.39 is 112 Å². The molecule has 4 fully saturated rings. The molecule has 7 rings (SSSR count). The minimum absolute atomic E-state index is 0.0880. The molecule has 67 heavy (non-hydrogen) atoms. The molecule has 0 unspecified atom stereocenters. The summed E-state index contributed by atoms with van der Waals surface area (Å²) in [5.41, 5.74) is -6.73. The lowest BCUT2D eigenvalue weighted by Crippen LogP contribution is -2.81. The number of carbonyl (C=O) groups excluding carboxylic acids is 5. The van der Waals surface area contributed by atoms with Gasteiger partial charge in [-0.1, -0.05) is 62.4 Å². The Morgan fingerprint density at radius 2 is 1.57 bits per heavy atom. The molecule has 2 bridgehead atoms. The van der Waals surface area contributed by atoms with Crippen molar-refractivity contribution in [2.45, 2.75) is 154 Å². The van der Waals surface area contributed by atoms with Crippen LogP contribution in [0, 0.1) is 22.7 Å². The number of fused-ring (bicyclic) bond motifs is 5. The molecule has 13 atom stereocenters. The van der Waals surface area contributed by atoms with Crippen molar-refractivity contribution >= 4 is 29.8 Å². The number of nitrogens with one attached hydrogen (secondary N) is 1. The van der Waals surface area contributed by atoms with Crippen molar-refractivity contribution < 1.29 is 67.7 Å². The van der Waals surface area contributed by atoms with Crippen LogP contribution in [0.4, 0.5) is 4.79 Å². The molecule has 366 valence electrons. The van der Waals surface area contributed by atoms with Gasteiger partial charge < -0.3 is 49.1 Å². The van der Waals surface area contributed by atoms with Crippen molar-refractivity contribution in [2.75, 3.05) is 26.2 Å². The third-order valence-corrected chi connectivity index (χ3v) is 14.9. The van der Waals surface area contributed by atoms with Crippen LogP contribution in [0.3, 0.4) is 0 Å². The number of hydrogen-bond acceptors (Lipinski definition) is 15. The summed E-state index contributed by atoms with van der Waals surface area (Å²) in [5, 5.41) is 40.9. The predicted molar refractivity (Wildman–Crippen MR) is 242 cm³/mol. The lowest BCUT2D eigenvalue weighted by molar-refractivity contribution is -0.345. The molecule has 2 aromatic rings. The zero-order valence-electron chi connectivity index (χ0n) is 40.3. The van der Waals surface area contributed by atoms with E-state index in [9.17, 15) is 34.5 Å². The molecule has 0 spiro atoms. The lowest BCUT2D eigenvalue weighted by Gasteiger charge is -2.67. The topological polar surface area (TPSA) is 217 Å². The highest BCUT2D eigenvalue weighted by Crippen LogP contribution is 2.65. The van der Waals surface area contributed by atoms with Gasteiger partial charge in [0.05, 0.1) is 47.9 Å². The van der Waals surface area contributed by atoms with Gasteiger partial charge in [-0.05, 0) is 90.3 Å². The molecular formula is C51H68N2O14. The molecule has 2 saturated carbocycles. The Kier molecular flexibility index (Phi) is 14.0. The highest BCUT2D eigenvalue weighted by molar-refractivity contribution is 5.93. The summed E-state index contributed by atoms with van der Waals surface area (Å²) in [6, 6.07) is 15.1. The number of benzene rings is 2. The minimum Gasteiger partial charge on any atom is -0.456 e. The third-order valence-electron chi connectivity index (χ3n) is 14.9. The Hall–Kier alpha value is -4.71. The van der Waals surface area contributed by atoms with Crippen molar-refractivity contribution in [3.63, 3.8) is 0 Å². The Labute approximate surface area is 392 Å². The van der Waals surface area contributed by atoms with E-state index in [1.807, 2.05) is 13.8 Å². The molecule has 5 aliphatic rings. The van der Waals surface area contributed by atoms with E-state index in [2.05, 4.69) is 10.2 Å². The molecule has 3 aliphatic carbocycles. The molecule has 0 aromatic heterocycles. The number of aliphatic hydroxyl groups is 3. The van der Waals surface area contributed by atoms with Gasteiger partial charge in [0.1, 0.15) is 35.3 Å². The van der Waals surface area contributed by atoms with E-state index in [1.54, 1.807) is 97.0 Å². The second-order valence-corrected chi connectivity index (χ2v) is 21.0. The number of alkyl carbamates (subject to hydrolysis) is 1. The van der Waals surface area contributed by atoms with E-state index in [0.29, 0.717) is 36.3 Å². The van der Waals surface area contributed by atoms with Gasteiger partial charge in [-0.15, -0.1) is 0 Å². The molecule has 1 amide bonds. The highest BCUT2D eigenvalue weighted by Gasteiger charge is 2.78. The quantitative estimate of drug-likeness (QED) is 0.132. The molecule has 2 heterocycles. The van der Waals surface area contributed by atoms with Crippen LogP contribution >= 0.6 is 0 Å². The predicted octanol–water partition coefficient (Wildman–Crippen LogP) is 5.01. The second kappa shape index (κ2) is 18.7. The fourth-order valence-electron chi connectivity index (χ4n) is 11.8.